The number of ether oxygens (including phenoxy) is 2. The zero-order valence-corrected chi connectivity index (χ0v) is 23.1. The summed E-state index contributed by atoms with van der Waals surface area (Å²) in [5, 5.41) is 11.2. The van der Waals surface area contributed by atoms with Crippen LogP contribution in [0.25, 0.3) is 5.73 Å². The Labute approximate surface area is 239 Å². The number of benzene rings is 3. The quantitative estimate of drug-likeness (QED) is 0.296. The van der Waals surface area contributed by atoms with Crippen molar-refractivity contribution in [2.45, 2.75) is 25.2 Å². The maximum atomic E-state index is 13.3. The van der Waals surface area contributed by atoms with Crippen LogP contribution in [0.5, 0.6) is 5.75 Å². The van der Waals surface area contributed by atoms with Crippen molar-refractivity contribution in [1.29, 1.82) is 0 Å². The van der Waals surface area contributed by atoms with Gasteiger partial charge in [0.15, 0.2) is 0 Å². The molecule has 0 spiro atoms. The minimum atomic E-state index is -4.59. The summed E-state index contributed by atoms with van der Waals surface area (Å²) < 4.78 is 50.0. The summed E-state index contributed by atoms with van der Waals surface area (Å²) in [6.07, 6.45) is -5.91. The lowest BCUT2D eigenvalue weighted by atomic mass is 9.94. The number of amides is 1. The van der Waals surface area contributed by atoms with Crippen LogP contribution in [-0.2, 0) is 10.9 Å². The first-order valence-corrected chi connectivity index (χ1v) is 12.9. The van der Waals surface area contributed by atoms with E-state index in [-0.39, 0.29) is 23.8 Å². The lowest BCUT2D eigenvalue weighted by molar-refractivity contribution is -0.137. The van der Waals surface area contributed by atoms with Gasteiger partial charge in [-0.15, -0.1) is 6.54 Å². The van der Waals surface area contributed by atoms with Crippen molar-refractivity contribution in [3.8, 4) is 5.75 Å². The third-order valence-electron chi connectivity index (χ3n) is 5.85. The van der Waals surface area contributed by atoms with Crippen LogP contribution in [0, 0.1) is 0 Å². The highest BCUT2D eigenvalue weighted by Crippen LogP contribution is 2.45. The summed E-state index contributed by atoms with van der Waals surface area (Å²) in [7, 11) is 1.59. The van der Waals surface area contributed by atoms with E-state index in [0.717, 1.165) is 17.0 Å². The smallest absolute Gasteiger partial charge is 0.416 e. The van der Waals surface area contributed by atoms with E-state index in [2.05, 4.69) is 4.74 Å². The van der Waals surface area contributed by atoms with Crippen LogP contribution in [0.4, 0.5) is 18.0 Å². The fraction of sp³-hybridized carbons (Fsp3) is 0.286. The molecule has 0 aliphatic carbocycles. The van der Waals surface area contributed by atoms with E-state index in [1.807, 2.05) is 0 Å². The largest absolute Gasteiger partial charge is 0.676 e. The van der Waals surface area contributed by atoms with E-state index < -0.39 is 29.9 Å². The van der Waals surface area contributed by atoms with Gasteiger partial charge in [-0.1, -0.05) is 47.5 Å². The third-order valence-corrected chi connectivity index (χ3v) is 6.36. The van der Waals surface area contributed by atoms with Gasteiger partial charge < -0.3 is 20.3 Å². The molecule has 1 aliphatic heterocycles. The maximum Gasteiger partial charge on any atom is 0.416 e. The highest BCUT2D eigenvalue weighted by atomic mass is 35.5. The lowest BCUT2D eigenvalue weighted by Crippen LogP contribution is -2.37. The van der Waals surface area contributed by atoms with Crippen LogP contribution in [0.2, 0.25) is 10.0 Å². The number of carboxylic acid groups (broad SMARTS) is 1. The number of rotatable bonds is 7. The van der Waals surface area contributed by atoms with E-state index in [9.17, 15) is 23.1 Å². The molecule has 0 saturated carbocycles. The Kier molecular flexibility index (Phi) is 10.8. The van der Waals surface area contributed by atoms with E-state index in [4.69, 9.17) is 38.7 Å². The Morgan fingerprint density at radius 1 is 1.02 bits per heavy atom. The zero-order valence-electron chi connectivity index (χ0n) is 21.6. The number of nitrogens with zero attached hydrogens (tertiary/aromatic N) is 2. The molecule has 1 aliphatic rings. The molecule has 214 valence electrons. The molecular formula is C28H27Cl2F3N3O4-. The Morgan fingerprint density at radius 3 is 2.05 bits per heavy atom. The normalized spacial score (nSPS) is 16.7. The number of nitrogens with one attached hydrogen (secondary N) is 1. The summed E-state index contributed by atoms with van der Waals surface area (Å²) in [6, 6.07) is 14.9. The summed E-state index contributed by atoms with van der Waals surface area (Å²) in [6.45, 7) is 2.63. The van der Waals surface area contributed by atoms with Gasteiger partial charge in [-0.25, -0.2) is 4.79 Å². The molecule has 3 aromatic carbocycles. The van der Waals surface area contributed by atoms with Crippen molar-refractivity contribution in [2.24, 2.45) is 4.99 Å². The first-order chi connectivity index (χ1) is 19.0. The van der Waals surface area contributed by atoms with E-state index in [1.54, 1.807) is 62.6 Å². The van der Waals surface area contributed by atoms with Crippen LogP contribution >= 0.6 is 23.2 Å². The van der Waals surface area contributed by atoms with Crippen molar-refractivity contribution in [1.82, 2.24) is 4.90 Å². The minimum Gasteiger partial charge on any atom is -0.676 e. The van der Waals surface area contributed by atoms with E-state index in [1.165, 1.54) is 6.07 Å². The maximum absolute atomic E-state index is 13.3. The Morgan fingerprint density at radius 2 is 1.60 bits per heavy atom. The molecule has 2 unspecified atom stereocenters. The summed E-state index contributed by atoms with van der Waals surface area (Å²) in [4.78, 5) is 18.3. The Hall–Kier alpha value is -3.31. The molecule has 1 amide bonds. The van der Waals surface area contributed by atoms with Gasteiger partial charge in [0, 0.05) is 23.8 Å². The second-order valence-electron chi connectivity index (χ2n) is 8.48. The number of methoxy groups -OCH3 is 1. The van der Waals surface area contributed by atoms with Gasteiger partial charge in [-0.3, -0.25) is 9.89 Å². The van der Waals surface area contributed by atoms with Crippen molar-refractivity contribution < 1.29 is 32.5 Å². The van der Waals surface area contributed by atoms with Gasteiger partial charge in [0.1, 0.15) is 17.6 Å². The molecule has 2 atom stereocenters. The van der Waals surface area contributed by atoms with Gasteiger partial charge in [0.25, 0.3) is 0 Å². The fourth-order valence-electron chi connectivity index (χ4n) is 4.11. The van der Waals surface area contributed by atoms with Gasteiger partial charge in [-0.2, -0.15) is 13.2 Å². The van der Waals surface area contributed by atoms with Crippen LogP contribution < -0.4 is 4.74 Å². The van der Waals surface area contributed by atoms with Gasteiger partial charge in [0.05, 0.1) is 23.8 Å². The summed E-state index contributed by atoms with van der Waals surface area (Å²) in [5.41, 5.74) is 7.00. The first kappa shape index (κ1) is 31.2. The molecule has 40 heavy (non-hydrogen) atoms. The Balaban J connectivity index is 0.000000810. The number of alkyl halides is 3. The van der Waals surface area contributed by atoms with E-state index >= 15 is 0 Å². The first-order valence-electron chi connectivity index (χ1n) is 12.1. The van der Waals surface area contributed by atoms with Crippen LogP contribution in [0.3, 0.4) is 0 Å². The molecule has 4 rings (SSSR count). The van der Waals surface area contributed by atoms with Crippen molar-refractivity contribution in [3.05, 3.63) is 105 Å². The second kappa shape index (κ2) is 13.8. The minimum absolute atomic E-state index is 0.0189. The van der Waals surface area contributed by atoms with Crippen LogP contribution in [0.15, 0.2) is 71.7 Å². The molecule has 7 nitrogen and oxygen atoms in total. The number of carbonyl (C=O) groups is 1. The van der Waals surface area contributed by atoms with Gasteiger partial charge >= 0.3 is 12.3 Å². The van der Waals surface area contributed by atoms with Crippen molar-refractivity contribution in [3.63, 3.8) is 0 Å². The fourth-order valence-corrected chi connectivity index (χ4v) is 4.37. The molecule has 3 aromatic rings. The Bertz CT molecular complexity index is 1320. The molecule has 2 N–H and O–H groups in total. The van der Waals surface area contributed by atoms with Crippen molar-refractivity contribution >= 4 is 35.1 Å². The molecule has 0 radical (unpaired) electrons. The van der Waals surface area contributed by atoms with E-state index in [0.29, 0.717) is 34.3 Å². The number of amidine groups is 1. The second-order valence-corrected chi connectivity index (χ2v) is 9.36. The number of hydrogen-bond acceptors (Lipinski definition) is 4. The summed E-state index contributed by atoms with van der Waals surface area (Å²) >= 11 is 12.1. The number of halogens is 5. The molecule has 0 fully saturated rings. The topological polar surface area (TPSA) is 95.2 Å². The standard InChI is InChI=1S/C25H19Cl2F3N2O3.C3H8NO/c1-2-35-20-13-16(25(28,29)30)7-12-19(20)23-31-21(14-3-8-17(26)9-4-14)22(32(23)24(33)34)15-5-10-18(27)11-6-15;1-5-3-2-4/h3-13,21-22H,2H2,1H3,(H,33,34);4H,2-3H2,1H3/q;-1. The lowest BCUT2D eigenvalue weighted by Gasteiger charge is -2.27. The van der Waals surface area contributed by atoms with Gasteiger partial charge in [-0.05, 0) is 60.5 Å². The third kappa shape index (κ3) is 7.45. The van der Waals surface area contributed by atoms with Crippen LogP contribution in [0.1, 0.15) is 41.3 Å². The monoisotopic (exact) mass is 596 g/mol. The van der Waals surface area contributed by atoms with Crippen molar-refractivity contribution in [2.75, 3.05) is 26.9 Å². The number of aliphatic imine (C=N–C) groups is 1. The molecular weight excluding hydrogens is 570 g/mol. The predicted octanol–water partition coefficient (Wildman–Crippen LogP) is 8.32. The SMILES string of the molecule is CCOc1cc(C(F)(F)F)ccc1C1=NC(c2ccc(Cl)cc2)C(c2ccc(Cl)cc2)N1C(=O)O.COCC[NH-]. The highest BCUT2D eigenvalue weighted by Gasteiger charge is 2.43. The van der Waals surface area contributed by atoms with Crippen LogP contribution in [-0.4, -0.2) is 48.8 Å². The number of hydrogen-bond donors (Lipinski definition) is 1. The summed E-state index contributed by atoms with van der Waals surface area (Å²) in [5.74, 6) is -0.131. The molecule has 12 heteroatoms. The zero-order chi connectivity index (χ0) is 29.4. The predicted molar refractivity (Wildman–Crippen MR) is 148 cm³/mol. The molecule has 1 heterocycles. The average Bonchev–Trinajstić information content (AvgIpc) is 3.31. The molecule has 0 bridgehead atoms. The molecule has 0 aromatic heterocycles. The molecule has 0 saturated heterocycles. The average molecular weight is 597 g/mol. The van der Waals surface area contributed by atoms with Gasteiger partial charge in [0.2, 0.25) is 0 Å². The highest BCUT2D eigenvalue weighted by molar-refractivity contribution is 6.30.